The third-order valence-electron chi connectivity index (χ3n) is 4.55. The molecule has 1 aromatic carbocycles. The molecule has 1 aliphatic rings. The fourth-order valence-electron chi connectivity index (χ4n) is 3.21. The third-order valence-corrected chi connectivity index (χ3v) is 6.21. The van der Waals surface area contributed by atoms with Crippen LogP contribution in [0, 0.1) is 0 Å². The topological polar surface area (TPSA) is 60.9 Å². The molecule has 0 bridgehead atoms. The van der Waals surface area contributed by atoms with Gasteiger partial charge in [-0.3, -0.25) is 9.59 Å². The Bertz CT molecular complexity index is 926. The SMILES string of the molecule is CN(C)CCCN1C(=O)C(=O)/C(=C(\O)c2ccc(Cl)c(Cl)c2)C1c1cccs1. The van der Waals surface area contributed by atoms with E-state index in [2.05, 4.69) is 0 Å². The molecule has 0 aliphatic carbocycles. The first-order valence-electron chi connectivity index (χ1n) is 8.73. The molecule has 148 valence electrons. The van der Waals surface area contributed by atoms with Crippen molar-refractivity contribution in [3.63, 3.8) is 0 Å². The van der Waals surface area contributed by atoms with Crippen molar-refractivity contribution in [3.8, 4) is 0 Å². The Morgan fingerprint density at radius 1 is 1.21 bits per heavy atom. The molecule has 1 saturated heterocycles. The number of rotatable bonds is 6. The predicted molar refractivity (Wildman–Crippen MR) is 113 cm³/mol. The van der Waals surface area contributed by atoms with Crippen molar-refractivity contribution in [2.75, 3.05) is 27.2 Å². The molecule has 1 unspecified atom stereocenters. The van der Waals surface area contributed by atoms with Gasteiger partial charge in [0.2, 0.25) is 0 Å². The summed E-state index contributed by atoms with van der Waals surface area (Å²) in [5.74, 6) is -1.53. The highest BCUT2D eigenvalue weighted by Crippen LogP contribution is 2.41. The Labute approximate surface area is 177 Å². The summed E-state index contributed by atoms with van der Waals surface area (Å²) >= 11 is 13.5. The van der Waals surface area contributed by atoms with E-state index in [0.717, 1.165) is 11.4 Å². The maximum atomic E-state index is 12.8. The maximum Gasteiger partial charge on any atom is 0.295 e. The second-order valence-electron chi connectivity index (χ2n) is 6.79. The molecule has 8 heteroatoms. The molecule has 1 amide bonds. The Morgan fingerprint density at radius 3 is 2.57 bits per heavy atom. The van der Waals surface area contributed by atoms with Gasteiger partial charge in [0.1, 0.15) is 5.76 Å². The van der Waals surface area contributed by atoms with Gasteiger partial charge in [-0.25, -0.2) is 0 Å². The molecule has 2 heterocycles. The number of aliphatic hydroxyl groups is 1. The van der Waals surface area contributed by atoms with E-state index in [-0.39, 0.29) is 16.4 Å². The fourth-order valence-corrected chi connectivity index (χ4v) is 4.35. The quantitative estimate of drug-likeness (QED) is 0.411. The van der Waals surface area contributed by atoms with E-state index < -0.39 is 17.7 Å². The first kappa shape index (κ1) is 20.9. The third kappa shape index (κ3) is 4.10. The Balaban J connectivity index is 2.05. The molecule has 0 spiro atoms. The van der Waals surface area contributed by atoms with E-state index in [9.17, 15) is 14.7 Å². The number of carbonyl (C=O) groups excluding carboxylic acids is 2. The average molecular weight is 439 g/mol. The van der Waals surface area contributed by atoms with Crippen molar-refractivity contribution in [1.29, 1.82) is 0 Å². The standard InChI is InChI=1S/C20H20Cl2N2O3S/c1-23(2)8-4-9-24-17(15-5-3-10-28-15)16(19(26)20(24)27)18(25)12-6-7-13(21)14(22)11-12/h3,5-7,10-11,17,25H,4,8-9H2,1-2H3/b18-16-. The summed E-state index contributed by atoms with van der Waals surface area (Å²) in [7, 11) is 3.91. The van der Waals surface area contributed by atoms with Gasteiger partial charge in [-0.1, -0.05) is 29.3 Å². The number of carbonyl (C=O) groups is 2. The van der Waals surface area contributed by atoms with Gasteiger partial charge in [-0.2, -0.15) is 0 Å². The molecule has 1 atom stereocenters. The number of Topliss-reactive ketones (excluding diaryl/α,β-unsaturated/α-hetero) is 1. The zero-order valence-electron chi connectivity index (χ0n) is 15.5. The number of hydrogen-bond acceptors (Lipinski definition) is 5. The number of thiophene rings is 1. The van der Waals surface area contributed by atoms with Crippen LogP contribution in [0.3, 0.4) is 0 Å². The van der Waals surface area contributed by atoms with E-state index in [0.29, 0.717) is 23.6 Å². The maximum absolute atomic E-state index is 12.8. The highest BCUT2D eigenvalue weighted by molar-refractivity contribution is 7.10. The van der Waals surface area contributed by atoms with E-state index in [1.165, 1.54) is 17.4 Å². The van der Waals surface area contributed by atoms with Crippen LogP contribution >= 0.6 is 34.5 Å². The largest absolute Gasteiger partial charge is 0.507 e. The van der Waals surface area contributed by atoms with Crippen molar-refractivity contribution in [2.24, 2.45) is 0 Å². The van der Waals surface area contributed by atoms with Crippen molar-refractivity contribution in [3.05, 3.63) is 61.8 Å². The Morgan fingerprint density at radius 2 is 1.96 bits per heavy atom. The summed E-state index contributed by atoms with van der Waals surface area (Å²) in [4.78, 5) is 29.9. The molecule has 28 heavy (non-hydrogen) atoms. The lowest BCUT2D eigenvalue weighted by molar-refractivity contribution is -0.139. The second-order valence-corrected chi connectivity index (χ2v) is 8.59. The summed E-state index contributed by atoms with van der Waals surface area (Å²) < 4.78 is 0. The van der Waals surface area contributed by atoms with E-state index in [1.54, 1.807) is 17.0 Å². The van der Waals surface area contributed by atoms with Crippen molar-refractivity contribution in [1.82, 2.24) is 9.80 Å². The van der Waals surface area contributed by atoms with Crippen LogP contribution in [0.4, 0.5) is 0 Å². The molecule has 1 fully saturated rings. The lowest BCUT2D eigenvalue weighted by Crippen LogP contribution is -2.32. The lowest BCUT2D eigenvalue weighted by Gasteiger charge is -2.24. The molecule has 0 radical (unpaired) electrons. The summed E-state index contributed by atoms with van der Waals surface area (Å²) in [6.07, 6.45) is 0.717. The Kier molecular flexibility index (Phi) is 6.45. The number of nitrogens with zero attached hydrogens (tertiary/aromatic N) is 2. The van der Waals surface area contributed by atoms with Gasteiger partial charge in [0.25, 0.3) is 11.7 Å². The van der Waals surface area contributed by atoms with Gasteiger partial charge in [-0.15, -0.1) is 11.3 Å². The van der Waals surface area contributed by atoms with E-state index in [1.807, 2.05) is 36.5 Å². The van der Waals surface area contributed by atoms with Crippen LogP contribution in [0.2, 0.25) is 10.0 Å². The molecule has 1 N–H and O–H groups in total. The van der Waals surface area contributed by atoms with Gasteiger partial charge in [0.15, 0.2) is 0 Å². The molecule has 5 nitrogen and oxygen atoms in total. The molecule has 0 saturated carbocycles. The molecule has 2 aromatic rings. The van der Waals surface area contributed by atoms with Crippen molar-refractivity contribution in [2.45, 2.75) is 12.5 Å². The fraction of sp³-hybridized carbons (Fsp3) is 0.300. The number of halogens is 2. The molecule has 3 rings (SSSR count). The lowest BCUT2D eigenvalue weighted by atomic mass is 10.00. The van der Waals surface area contributed by atoms with Crippen LogP contribution < -0.4 is 0 Å². The van der Waals surface area contributed by atoms with Crippen LogP contribution in [0.25, 0.3) is 5.76 Å². The summed E-state index contributed by atoms with van der Waals surface area (Å²) in [5.41, 5.74) is 0.429. The molecular formula is C20H20Cl2N2O3S. The normalized spacial score (nSPS) is 19.0. The van der Waals surface area contributed by atoms with Gasteiger partial charge in [0.05, 0.1) is 21.7 Å². The number of aliphatic hydroxyl groups excluding tert-OH is 1. The van der Waals surface area contributed by atoms with Gasteiger partial charge >= 0.3 is 0 Å². The van der Waals surface area contributed by atoms with Gasteiger partial charge in [-0.05, 0) is 56.7 Å². The molecular weight excluding hydrogens is 419 g/mol. The smallest absolute Gasteiger partial charge is 0.295 e. The zero-order valence-corrected chi connectivity index (χ0v) is 17.8. The number of benzene rings is 1. The van der Waals surface area contributed by atoms with Crippen LogP contribution in [0.1, 0.15) is 22.9 Å². The van der Waals surface area contributed by atoms with Crippen LogP contribution in [-0.2, 0) is 9.59 Å². The predicted octanol–water partition coefficient (Wildman–Crippen LogP) is 4.43. The summed E-state index contributed by atoms with van der Waals surface area (Å²) in [5, 5.41) is 13.4. The van der Waals surface area contributed by atoms with Crippen LogP contribution in [0.5, 0.6) is 0 Å². The second kappa shape index (κ2) is 8.66. The minimum atomic E-state index is -0.688. The number of likely N-dealkylation sites (tertiary alicyclic amines) is 1. The average Bonchev–Trinajstić information content (AvgIpc) is 3.25. The minimum Gasteiger partial charge on any atom is -0.507 e. The first-order chi connectivity index (χ1) is 13.3. The highest BCUT2D eigenvalue weighted by Gasteiger charge is 2.46. The van der Waals surface area contributed by atoms with E-state index in [4.69, 9.17) is 23.2 Å². The zero-order chi connectivity index (χ0) is 20.4. The van der Waals surface area contributed by atoms with Gasteiger partial charge in [0, 0.05) is 17.0 Å². The molecule has 1 aromatic heterocycles. The van der Waals surface area contributed by atoms with Gasteiger partial charge < -0.3 is 14.9 Å². The Hall–Kier alpha value is -1.86. The summed E-state index contributed by atoms with van der Waals surface area (Å²) in [6, 6.07) is 7.73. The molecule has 1 aliphatic heterocycles. The van der Waals surface area contributed by atoms with Crippen LogP contribution in [0.15, 0.2) is 41.3 Å². The van der Waals surface area contributed by atoms with Crippen LogP contribution in [-0.4, -0.2) is 53.8 Å². The van der Waals surface area contributed by atoms with Crippen molar-refractivity contribution >= 4 is 52.0 Å². The monoisotopic (exact) mass is 438 g/mol. The van der Waals surface area contributed by atoms with E-state index >= 15 is 0 Å². The summed E-state index contributed by atoms with van der Waals surface area (Å²) in [6.45, 7) is 1.20. The number of amides is 1. The minimum absolute atomic E-state index is 0.0793. The first-order valence-corrected chi connectivity index (χ1v) is 10.4. The van der Waals surface area contributed by atoms with Crippen molar-refractivity contribution < 1.29 is 14.7 Å². The number of ketones is 1. The number of hydrogen-bond donors (Lipinski definition) is 1. The highest BCUT2D eigenvalue weighted by atomic mass is 35.5.